The van der Waals surface area contributed by atoms with E-state index >= 15 is 0 Å². The molecule has 0 radical (unpaired) electrons. The summed E-state index contributed by atoms with van der Waals surface area (Å²) >= 11 is 0. The normalized spacial score (nSPS) is 23.2. The Morgan fingerprint density at radius 1 is 1.55 bits per heavy atom. The first kappa shape index (κ1) is 18.9. The second kappa shape index (κ2) is 8.49. The summed E-state index contributed by atoms with van der Waals surface area (Å²) in [6.07, 6.45) is 5.85. The van der Waals surface area contributed by atoms with E-state index in [0.717, 1.165) is 24.8 Å². The molecule has 0 aromatic rings. The summed E-state index contributed by atoms with van der Waals surface area (Å²) in [4.78, 5) is 11.6. The molecular weight excluding hydrogens is 280 g/mol. The second-order valence-corrected chi connectivity index (χ2v) is 7.05. The third kappa shape index (κ3) is 5.93. The van der Waals surface area contributed by atoms with Gasteiger partial charge in [0.15, 0.2) is 0 Å². The fourth-order valence-corrected chi connectivity index (χ4v) is 3.19. The Balaban J connectivity index is 2.47. The van der Waals surface area contributed by atoms with Crippen molar-refractivity contribution in [1.82, 2.24) is 0 Å². The molecule has 2 atom stereocenters. The summed E-state index contributed by atoms with van der Waals surface area (Å²) in [7, 11) is 0. The zero-order valence-electron chi connectivity index (χ0n) is 14.1. The van der Waals surface area contributed by atoms with Gasteiger partial charge in [-0.05, 0) is 50.4 Å². The van der Waals surface area contributed by atoms with E-state index in [9.17, 15) is 4.79 Å². The molecule has 126 valence electrons. The number of carbonyl (C=O) groups excluding carboxylic acids is 1. The average molecular weight is 310 g/mol. The lowest BCUT2D eigenvalue weighted by Gasteiger charge is -2.40. The van der Waals surface area contributed by atoms with Crippen molar-refractivity contribution >= 4 is 5.97 Å². The maximum Gasteiger partial charge on any atom is 0.330 e. The summed E-state index contributed by atoms with van der Waals surface area (Å²) in [6.45, 7) is 10.2. The molecule has 1 saturated carbocycles. The van der Waals surface area contributed by atoms with Crippen molar-refractivity contribution in [2.24, 2.45) is 11.3 Å². The van der Waals surface area contributed by atoms with E-state index < -0.39 is 18.7 Å². The highest BCUT2D eigenvalue weighted by Crippen LogP contribution is 2.45. The van der Waals surface area contributed by atoms with Crippen LogP contribution in [-0.2, 0) is 9.53 Å². The van der Waals surface area contributed by atoms with Gasteiger partial charge in [-0.25, -0.2) is 4.79 Å². The van der Waals surface area contributed by atoms with Crippen LogP contribution in [0.15, 0.2) is 23.8 Å². The van der Waals surface area contributed by atoms with Gasteiger partial charge >= 0.3 is 5.97 Å². The number of hydrogen-bond acceptors (Lipinski definition) is 4. The van der Waals surface area contributed by atoms with Crippen LogP contribution in [0.1, 0.15) is 52.9 Å². The van der Waals surface area contributed by atoms with E-state index in [1.807, 2.05) is 6.92 Å². The highest BCUT2D eigenvalue weighted by molar-refractivity contribution is 5.82. The smallest absolute Gasteiger partial charge is 0.330 e. The Kier molecular flexibility index (Phi) is 7.30. The molecule has 4 heteroatoms. The van der Waals surface area contributed by atoms with Gasteiger partial charge in [-0.2, -0.15) is 0 Å². The highest BCUT2D eigenvalue weighted by atomic mass is 16.5. The molecule has 0 aliphatic heterocycles. The van der Waals surface area contributed by atoms with Crippen molar-refractivity contribution in [3.05, 3.63) is 23.8 Å². The Morgan fingerprint density at radius 3 is 2.82 bits per heavy atom. The number of aliphatic hydroxyl groups is 2. The van der Waals surface area contributed by atoms with Crippen LogP contribution in [0.25, 0.3) is 0 Å². The maximum absolute atomic E-state index is 11.6. The molecule has 22 heavy (non-hydrogen) atoms. The summed E-state index contributed by atoms with van der Waals surface area (Å²) < 4.78 is 4.88. The number of rotatable bonds is 7. The molecule has 0 amide bonds. The minimum Gasteiger partial charge on any atom is -0.460 e. The van der Waals surface area contributed by atoms with Crippen molar-refractivity contribution in [3.63, 3.8) is 0 Å². The topological polar surface area (TPSA) is 66.8 Å². The van der Waals surface area contributed by atoms with Crippen molar-refractivity contribution in [1.29, 1.82) is 0 Å². The van der Waals surface area contributed by atoms with Gasteiger partial charge in [0.1, 0.15) is 12.7 Å². The number of hydrogen-bond donors (Lipinski definition) is 2. The van der Waals surface area contributed by atoms with Gasteiger partial charge in [0, 0.05) is 6.08 Å². The molecule has 4 nitrogen and oxygen atoms in total. The molecule has 0 aromatic heterocycles. The van der Waals surface area contributed by atoms with Crippen LogP contribution in [0.5, 0.6) is 0 Å². The van der Waals surface area contributed by atoms with Gasteiger partial charge in [-0.15, -0.1) is 0 Å². The lowest BCUT2D eigenvalue weighted by molar-refractivity contribution is -0.141. The predicted octanol–water partition coefficient (Wildman–Crippen LogP) is 2.99. The lowest BCUT2D eigenvalue weighted by atomic mass is 9.65. The standard InChI is InChI=1S/C18H30O4/c1-13(10-17(21)22-12-15(20)11-19)7-8-16-14(2)6-5-9-18(16,3)4/h10,15-16,19-20H,2,5-9,11-12H2,1,3-4H3/b13-10+. The molecule has 1 fully saturated rings. The first-order chi connectivity index (χ1) is 10.3. The second-order valence-electron chi connectivity index (χ2n) is 7.05. The van der Waals surface area contributed by atoms with Gasteiger partial charge in [0.25, 0.3) is 0 Å². The zero-order valence-corrected chi connectivity index (χ0v) is 14.1. The monoisotopic (exact) mass is 310 g/mol. The number of ether oxygens (including phenoxy) is 1. The van der Waals surface area contributed by atoms with E-state index in [1.54, 1.807) is 0 Å². The molecule has 0 spiro atoms. The van der Waals surface area contributed by atoms with Crippen molar-refractivity contribution in [3.8, 4) is 0 Å². The average Bonchev–Trinajstić information content (AvgIpc) is 2.43. The van der Waals surface area contributed by atoms with Crippen LogP contribution in [0, 0.1) is 11.3 Å². The van der Waals surface area contributed by atoms with E-state index in [4.69, 9.17) is 14.9 Å². The summed E-state index contributed by atoms with van der Waals surface area (Å²) in [5.41, 5.74) is 2.58. The minimum absolute atomic E-state index is 0.175. The van der Waals surface area contributed by atoms with Gasteiger partial charge < -0.3 is 14.9 Å². The van der Waals surface area contributed by atoms with Crippen molar-refractivity contribution < 1.29 is 19.7 Å². The van der Waals surface area contributed by atoms with E-state index in [-0.39, 0.29) is 12.0 Å². The molecule has 1 rings (SSSR count). The van der Waals surface area contributed by atoms with E-state index in [0.29, 0.717) is 5.92 Å². The Labute approximate surface area is 133 Å². The summed E-state index contributed by atoms with van der Waals surface area (Å²) in [6, 6.07) is 0. The van der Waals surface area contributed by atoms with Crippen LogP contribution in [-0.4, -0.2) is 35.5 Å². The molecule has 0 saturated heterocycles. The summed E-state index contributed by atoms with van der Waals surface area (Å²) in [5, 5.41) is 17.8. The third-order valence-corrected chi connectivity index (χ3v) is 4.58. The number of esters is 1. The van der Waals surface area contributed by atoms with Gasteiger partial charge in [0.2, 0.25) is 0 Å². The largest absolute Gasteiger partial charge is 0.460 e. The molecule has 2 N–H and O–H groups in total. The van der Waals surface area contributed by atoms with Crippen LogP contribution in [0.4, 0.5) is 0 Å². The quantitative estimate of drug-likeness (QED) is 0.431. The van der Waals surface area contributed by atoms with Crippen molar-refractivity contribution in [2.45, 2.75) is 59.0 Å². The maximum atomic E-state index is 11.6. The van der Waals surface area contributed by atoms with Crippen molar-refractivity contribution in [2.75, 3.05) is 13.2 Å². The third-order valence-electron chi connectivity index (χ3n) is 4.58. The van der Waals surface area contributed by atoms with Gasteiger partial charge in [0.05, 0.1) is 6.61 Å². The number of aliphatic hydroxyl groups excluding tert-OH is 2. The summed E-state index contributed by atoms with van der Waals surface area (Å²) in [5.74, 6) is 0.0311. The number of allylic oxidation sites excluding steroid dienone is 2. The molecular formula is C18H30O4. The molecule has 1 aliphatic rings. The molecule has 2 unspecified atom stereocenters. The SMILES string of the molecule is C=C1CCCC(C)(C)C1CC/C(C)=C/C(=O)OCC(O)CO. The molecule has 0 heterocycles. The fourth-order valence-electron chi connectivity index (χ4n) is 3.19. The molecule has 0 bridgehead atoms. The van der Waals surface area contributed by atoms with Crippen LogP contribution >= 0.6 is 0 Å². The van der Waals surface area contributed by atoms with Crippen LogP contribution in [0.2, 0.25) is 0 Å². The first-order valence-electron chi connectivity index (χ1n) is 8.07. The van der Waals surface area contributed by atoms with Crippen LogP contribution in [0.3, 0.4) is 0 Å². The Bertz CT molecular complexity index is 423. The predicted molar refractivity (Wildman–Crippen MR) is 87.3 cm³/mol. The number of carbonyl (C=O) groups is 1. The van der Waals surface area contributed by atoms with E-state index in [1.165, 1.54) is 24.5 Å². The highest BCUT2D eigenvalue weighted by Gasteiger charge is 2.33. The van der Waals surface area contributed by atoms with E-state index in [2.05, 4.69) is 20.4 Å². The molecule has 1 aliphatic carbocycles. The van der Waals surface area contributed by atoms with Gasteiger partial charge in [-0.3, -0.25) is 0 Å². The molecule has 0 aromatic carbocycles. The first-order valence-corrected chi connectivity index (χ1v) is 8.07. The van der Waals surface area contributed by atoms with Gasteiger partial charge in [-0.1, -0.05) is 31.6 Å². The minimum atomic E-state index is -1.01. The Hall–Kier alpha value is -1.13. The lowest BCUT2D eigenvalue weighted by Crippen LogP contribution is -2.29. The Morgan fingerprint density at radius 2 is 2.23 bits per heavy atom. The fraction of sp³-hybridized carbons (Fsp3) is 0.722. The van der Waals surface area contributed by atoms with Crippen LogP contribution < -0.4 is 0 Å². The zero-order chi connectivity index (χ0) is 16.8.